The number of phenolic OH excluding ortho intramolecular Hbond substituents is 1. The van der Waals surface area contributed by atoms with Gasteiger partial charge in [-0.3, -0.25) is 4.79 Å². The summed E-state index contributed by atoms with van der Waals surface area (Å²) in [6.07, 6.45) is 0. The minimum atomic E-state index is -0.309. The van der Waals surface area contributed by atoms with Gasteiger partial charge in [-0.2, -0.15) is 0 Å². The Labute approximate surface area is 133 Å². The number of aromatic hydroxyl groups is 1. The van der Waals surface area contributed by atoms with Gasteiger partial charge >= 0.3 is 0 Å². The predicted octanol–water partition coefficient (Wildman–Crippen LogP) is 3.54. The van der Waals surface area contributed by atoms with Crippen molar-refractivity contribution in [2.75, 3.05) is 0 Å². The highest BCUT2D eigenvalue weighted by molar-refractivity contribution is 5.93. The van der Waals surface area contributed by atoms with Crippen molar-refractivity contribution in [2.45, 2.75) is 13.0 Å². The Hall–Kier alpha value is -3.08. The van der Waals surface area contributed by atoms with E-state index in [9.17, 15) is 9.90 Å². The molecule has 0 saturated heterocycles. The molecule has 1 aromatic heterocycles. The van der Waals surface area contributed by atoms with E-state index in [0.29, 0.717) is 11.3 Å². The lowest BCUT2D eigenvalue weighted by Crippen LogP contribution is -2.26. The summed E-state index contributed by atoms with van der Waals surface area (Å²) in [5.74, 6) is 0.248. The maximum Gasteiger partial charge on any atom is 0.273 e. The SMILES string of the molecule is CC(NC(=O)c1cc(-c2cccc(O)c2)on1)c1ccccc1. The van der Waals surface area contributed by atoms with Gasteiger partial charge in [-0.15, -0.1) is 0 Å². The highest BCUT2D eigenvalue weighted by Crippen LogP contribution is 2.24. The molecular weight excluding hydrogens is 292 g/mol. The minimum Gasteiger partial charge on any atom is -0.508 e. The summed E-state index contributed by atoms with van der Waals surface area (Å²) in [7, 11) is 0. The van der Waals surface area contributed by atoms with Crippen molar-refractivity contribution in [3.63, 3.8) is 0 Å². The summed E-state index contributed by atoms with van der Waals surface area (Å²) >= 11 is 0. The molecule has 0 radical (unpaired) electrons. The van der Waals surface area contributed by atoms with E-state index in [1.807, 2.05) is 37.3 Å². The van der Waals surface area contributed by atoms with Gasteiger partial charge in [0.25, 0.3) is 5.91 Å². The van der Waals surface area contributed by atoms with Gasteiger partial charge < -0.3 is 14.9 Å². The van der Waals surface area contributed by atoms with Crippen LogP contribution in [0, 0.1) is 0 Å². The maximum absolute atomic E-state index is 12.3. The van der Waals surface area contributed by atoms with Gasteiger partial charge in [0.2, 0.25) is 0 Å². The smallest absolute Gasteiger partial charge is 0.273 e. The van der Waals surface area contributed by atoms with Crippen molar-refractivity contribution in [1.82, 2.24) is 10.5 Å². The van der Waals surface area contributed by atoms with Crippen LogP contribution < -0.4 is 5.32 Å². The van der Waals surface area contributed by atoms with Crippen LogP contribution >= 0.6 is 0 Å². The summed E-state index contributed by atoms with van der Waals surface area (Å²) in [5.41, 5.74) is 1.87. The number of benzene rings is 2. The second kappa shape index (κ2) is 6.36. The number of amides is 1. The van der Waals surface area contributed by atoms with E-state index in [1.54, 1.807) is 30.3 Å². The third-order valence-electron chi connectivity index (χ3n) is 3.52. The van der Waals surface area contributed by atoms with Crippen molar-refractivity contribution in [3.05, 3.63) is 71.9 Å². The normalized spacial score (nSPS) is 11.9. The molecule has 0 bridgehead atoms. The Morgan fingerprint density at radius 2 is 1.91 bits per heavy atom. The average molecular weight is 308 g/mol. The fourth-order valence-electron chi connectivity index (χ4n) is 2.27. The second-order valence-electron chi connectivity index (χ2n) is 5.23. The molecule has 5 nitrogen and oxygen atoms in total. The summed E-state index contributed by atoms with van der Waals surface area (Å²) in [6, 6.07) is 17.7. The van der Waals surface area contributed by atoms with E-state index in [1.165, 1.54) is 0 Å². The topological polar surface area (TPSA) is 75.4 Å². The van der Waals surface area contributed by atoms with E-state index in [0.717, 1.165) is 5.56 Å². The van der Waals surface area contributed by atoms with E-state index < -0.39 is 0 Å². The highest BCUT2D eigenvalue weighted by Gasteiger charge is 2.16. The van der Waals surface area contributed by atoms with Crippen LogP contribution in [-0.2, 0) is 0 Å². The Morgan fingerprint density at radius 3 is 2.65 bits per heavy atom. The molecule has 2 aromatic carbocycles. The van der Waals surface area contributed by atoms with Crippen molar-refractivity contribution >= 4 is 5.91 Å². The molecule has 2 N–H and O–H groups in total. The molecule has 3 rings (SSSR count). The van der Waals surface area contributed by atoms with Gasteiger partial charge in [0.05, 0.1) is 6.04 Å². The molecule has 1 heterocycles. The molecule has 0 aliphatic rings. The zero-order valence-corrected chi connectivity index (χ0v) is 12.6. The van der Waals surface area contributed by atoms with Crippen molar-refractivity contribution in [3.8, 4) is 17.1 Å². The molecule has 23 heavy (non-hydrogen) atoms. The molecule has 3 aromatic rings. The number of nitrogens with one attached hydrogen (secondary N) is 1. The quantitative estimate of drug-likeness (QED) is 0.773. The number of nitrogens with zero attached hydrogens (tertiary/aromatic N) is 1. The number of phenols is 1. The first-order valence-electron chi connectivity index (χ1n) is 7.25. The zero-order valence-electron chi connectivity index (χ0n) is 12.6. The fraction of sp³-hybridized carbons (Fsp3) is 0.111. The first-order valence-corrected chi connectivity index (χ1v) is 7.25. The van der Waals surface area contributed by atoms with Crippen LogP contribution in [0.5, 0.6) is 5.75 Å². The monoisotopic (exact) mass is 308 g/mol. The zero-order chi connectivity index (χ0) is 16.2. The van der Waals surface area contributed by atoms with Crippen molar-refractivity contribution in [2.24, 2.45) is 0 Å². The largest absolute Gasteiger partial charge is 0.508 e. The highest BCUT2D eigenvalue weighted by atomic mass is 16.5. The van der Waals surface area contributed by atoms with Crippen LogP contribution in [0.4, 0.5) is 0 Å². The Balaban J connectivity index is 1.74. The van der Waals surface area contributed by atoms with Crippen LogP contribution in [0.1, 0.15) is 29.0 Å². The lowest BCUT2D eigenvalue weighted by Gasteiger charge is -2.12. The van der Waals surface area contributed by atoms with Crippen LogP contribution in [0.2, 0.25) is 0 Å². The number of rotatable bonds is 4. The maximum atomic E-state index is 12.3. The fourth-order valence-corrected chi connectivity index (χ4v) is 2.27. The van der Waals surface area contributed by atoms with Crippen LogP contribution in [0.15, 0.2) is 65.2 Å². The molecule has 0 fully saturated rings. The van der Waals surface area contributed by atoms with E-state index >= 15 is 0 Å². The van der Waals surface area contributed by atoms with E-state index in [4.69, 9.17) is 4.52 Å². The van der Waals surface area contributed by atoms with Crippen LogP contribution in [-0.4, -0.2) is 16.2 Å². The molecule has 1 amide bonds. The summed E-state index contributed by atoms with van der Waals surface area (Å²) < 4.78 is 5.19. The third-order valence-corrected chi connectivity index (χ3v) is 3.52. The molecular formula is C18H16N2O3. The van der Waals surface area contributed by atoms with E-state index in [-0.39, 0.29) is 23.4 Å². The molecule has 0 aliphatic carbocycles. The third kappa shape index (κ3) is 3.40. The minimum absolute atomic E-state index is 0.127. The average Bonchev–Trinajstić information content (AvgIpc) is 3.06. The lowest BCUT2D eigenvalue weighted by molar-refractivity contribution is 0.0931. The van der Waals surface area contributed by atoms with Gasteiger partial charge in [0.15, 0.2) is 11.5 Å². The summed E-state index contributed by atoms with van der Waals surface area (Å²) in [4.78, 5) is 12.3. The number of hydrogen-bond acceptors (Lipinski definition) is 4. The lowest BCUT2D eigenvalue weighted by atomic mass is 10.1. The van der Waals surface area contributed by atoms with Crippen molar-refractivity contribution in [1.29, 1.82) is 0 Å². The van der Waals surface area contributed by atoms with Crippen LogP contribution in [0.25, 0.3) is 11.3 Å². The van der Waals surface area contributed by atoms with Crippen LogP contribution in [0.3, 0.4) is 0 Å². The van der Waals surface area contributed by atoms with Gasteiger partial charge in [0.1, 0.15) is 5.75 Å². The molecule has 0 aliphatic heterocycles. The van der Waals surface area contributed by atoms with E-state index in [2.05, 4.69) is 10.5 Å². The van der Waals surface area contributed by atoms with Gasteiger partial charge in [0, 0.05) is 11.6 Å². The van der Waals surface area contributed by atoms with Crippen molar-refractivity contribution < 1.29 is 14.4 Å². The summed E-state index contributed by atoms with van der Waals surface area (Å²) in [6.45, 7) is 1.91. The molecule has 0 saturated carbocycles. The second-order valence-corrected chi connectivity index (χ2v) is 5.23. The first-order chi connectivity index (χ1) is 11.1. The van der Waals surface area contributed by atoms with Gasteiger partial charge in [-0.05, 0) is 24.6 Å². The Kier molecular flexibility index (Phi) is 4.10. The van der Waals surface area contributed by atoms with Gasteiger partial charge in [-0.25, -0.2) is 0 Å². The molecule has 116 valence electrons. The Bertz CT molecular complexity index is 812. The van der Waals surface area contributed by atoms with Gasteiger partial charge in [-0.1, -0.05) is 47.6 Å². The predicted molar refractivity (Wildman–Crippen MR) is 85.9 cm³/mol. The number of carbonyl (C=O) groups excluding carboxylic acids is 1. The number of carbonyl (C=O) groups is 1. The molecule has 1 atom stereocenters. The molecule has 0 spiro atoms. The Morgan fingerprint density at radius 1 is 1.13 bits per heavy atom. The molecule has 1 unspecified atom stereocenters. The first kappa shape index (κ1) is 14.8. The number of aromatic nitrogens is 1. The standard InChI is InChI=1S/C18H16N2O3/c1-12(13-6-3-2-4-7-13)19-18(22)16-11-17(23-20-16)14-8-5-9-15(21)10-14/h2-12,21H,1H3,(H,19,22). The summed E-state index contributed by atoms with van der Waals surface area (Å²) in [5, 5.41) is 16.2. The number of hydrogen-bond donors (Lipinski definition) is 2. The molecule has 5 heteroatoms.